The molecule has 0 bridgehead atoms. The van der Waals surface area contributed by atoms with E-state index in [1.54, 1.807) is 32.9 Å². The number of nitrogens with one attached hydrogen (secondary N) is 2. The first-order chi connectivity index (χ1) is 13.9. The van der Waals surface area contributed by atoms with Crippen LogP contribution in [-0.2, 0) is 14.8 Å². The molecule has 0 fully saturated rings. The molecule has 0 saturated carbocycles. The molecule has 2 aromatic rings. The number of carbonyl (C=O) groups excluding carboxylic acids is 1. The molecule has 30 heavy (non-hydrogen) atoms. The van der Waals surface area contributed by atoms with Crippen molar-refractivity contribution >= 4 is 15.9 Å². The topological polar surface area (TPSA) is 84.5 Å². The third kappa shape index (κ3) is 6.06. The van der Waals surface area contributed by atoms with E-state index in [2.05, 4.69) is 36.0 Å². The maximum absolute atomic E-state index is 12.4. The van der Waals surface area contributed by atoms with Gasteiger partial charge < -0.3 is 10.1 Å². The third-order valence-electron chi connectivity index (χ3n) is 4.93. The Morgan fingerprint density at radius 1 is 0.933 bits per heavy atom. The molecular formula is C23H32N2O4S. The maximum atomic E-state index is 12.4. The summed E-state index contributed by atoms with van der Waals surface area (Å²) in [4.78, 5) is 12.6. The predicted octanol–water partition coefficient (Wildman–Crippen LogP) is 3.86. The van der Waals surface area contributed by atoms with Crippen LogP contribution in [0.2, 0.25) is 0 Å². The van der Waals surface area contributed by atoms with Crippen molar-refractivity contribution in [3.8, 4) is 5.75 Å². The van der Waals surface area contributed by atoms with Gasteiger partial charge in [-0.15, -0.1) is 0 Å². The highest BCUT2D eigenvalue weighted by molar-refractivity contribution is 7.89. The second-order valence-electron chi connectivity index (χ2n) is 8.07. The third-order valence-corrected chi connectivity index (χ3v) is 6.59. The minimum Gasteiger partial charge on any atom is -0.484 e. The molecular weight excluding hydrogens is 400 g/mol. The fourth-order valence-corrected chi connectivity index (χ4v) is 4.62. The summed E-state index contributed by atoms with van der Waals surface area (Å²) in [6, 6.07) is 8.48. The van der Waals surface area contributed by atoms with Crippen LogP contribution in [0, 0.1) is 27.7 Å². The number of amides is 1. The van der Waals surface area contributed by atoms with Gasteiger partial charge in [0.2, 0.25) is 10.0 Å². The van der Waals surface area contributed by atoms with Gasteiger partial charge in [0.15, 0.2) is 6.61 Å². The molecule has 0 radical (unpaired) electrons. The number of carbonyl (C=O) groups is 1. The fourth-order valence-electron chi connectivity index (χ4n) is 3.28. The summed E-state index contributed by atoms with van der Waals surface area (Å²) >= 11 is 0. The van der Waals surface area contributed by atoms with Gasteiger partial charge in [-0.25, -0.2) is 13.1 Å². The fraction of sp³-hybridized carbons (Fsp3) is 0.435. The Balaban J connectivity index is 2.02. The van der Waals surface area contributed by atoms with Crippen molar-refractivity contribution in [2.75, 3.05) is 6.61 Å². The molecule has 1 atom stereocenters. The predicted molar refractivity (Wildman–Crippen MR) is 119 cm³/mol. The lowest BCUT2D eigenvalue weighted by Crippen LogP contribution is -2.32. The quantitative estimate of drug-likeness (QED) is 0.663. The first-order valence-electron chi connectivity index (χ1n) is 10.0. The van der Waals surface area contributed by atoms with Crippen LogP contribution in [0.25, 0.3) is 0 Å². The second kappa shape index (κ2) is 9.62. The van der Waals surface area contributed by atoms with Crippen LogP contribution < -0.4 is 14.8 Å². The van der Waals surface area contributed by atoms with Crippen LogP contribution in [0.15, 0.2) is 35.2 Å². The molecule has 0 heterocycles. The van der Waals surface area contributed by atoms with Gasteiger partial charge in [0.25, 0.3) is 5.91 Å². The molecule has 0 spiro atoms. The molecule has 0 aromatic heterocycles. The van der Waals surface area contributed by atoms with Gasteiger partial charge in [-0.05, 0) is 94.5 Å². The number of hydrogen-bond donors (Lipinski definition) is 2. The molecule has 0 saturated heterocycles. The maximum Gasteiger partial charge on any atom is 0.258 e. The van der Waals surface area contributed by atoms with Crippen molar-refractivity contribution in [3.63, 3.8) is 0 Å². The van der Waals surface area contributed by atoms with E-state index in [9.17, 15) is 13.2 Å². The molecule has 0 aliphatic heterocycles. The van der Waals surface area contributed by atoms with Gasteiger partial charge in [-0.1, -0.05) is 12.1 Å². The summed E-state index contributed by atoms with van der Waals surface area (Å²) < 4.78 is 32.7. The van der Waals surface area contributed by atoms with E-state index >= 15 is 0 Å². The van der Waals surface area contributed by atoms with Crippen molar-refractivity contribution in [1.82, 2.24) is 10.0 Å². The molecule has 0 aliphatic carbocycles. The second-order valence-corrected chi connectivity index (χ2v) is 9.79. The van der Waals surface area contributed by atoms with Gasteiger partial charge in [0.05, 0.1) is 10.9 Å². The average molecular weight is 433 g/mol. The van der Waals surface area contributed by atoms with E-state index in [0.29, 0.717) is 11.3 Å². The van der Waals surface area contributed by atoms with E-state index in [1.807, 2.05) is 13.8 Å². The Bertz CT molecular complexity index is 1030. The molecule has 1 amide bonds. The largest absolute Gasteiger partial charge is 0.484 e. The number of benzene rings is 2. The standard InChI is InChI=1S/C23H32N2O4S/c1-14(2)25-30(27,28)20-8-9-22(18(6)11-20)29-13-23(26)24-19(7)21-12-16(4)15(3)10-17(21)5/h8-12,14,19,25H,13H2,1-7H3,(H,24,26). The molecule has 0 aliphatic rings. The van der Waals surface area contributed by atoms with Gasteiger partial charge in [-0.3, -0.25) is 4.79 Å². The van der Waals surface area contributed by atoms with E-state index in [4.69, 9.17) is 4.74 Å². The molecule has 1 unspecified atom stereocenters. The lowest BCUT2D eigenvalue weighted by molar-refractivity contribution is -0.123. The Morgan fingerprint density at radius 3 is 2.17 bits per heavy atom. The summed E-state index contributed by atoms with van der Waals surface area (Å²) in [7, 11) is -3.57. The highest BCUT2D eigenvalue weighted by atomic mass is 32.2. The van der Waals surface area contributed by atoms with E-state index in [1.165, 1.54) is 17.2 Å². The smallest absolute Gasteiger partial charge is 0.258 e. The lowest BCUT2D eigenvalue weighted by atomic mass is 9.96. The molecule has 7 heteroatoms. The Kier molecular flexibility index (Phi) is 7.66. The summed E-state index contributed by atoms with van der Waals surface area (Å²) in [5.41, 5.74) is 5.27. The Morgan fingerprint density at radius 2 is 1.57 bits per heavy atom. The number of sulfonamides is 1. The van der Waals surface area contributed by atoms with Crippen molar-refractivity contribution in [2.45, 2.75) is 65.4 Å². The molecule has 2 N–H and O–H groups in total. The van der Waals surface area contributed by atoms with Crippen LogP contribution >= 0.6 is 0 Å². The normalized spacial score (nSPS) is 12.7. The monoisotopic (exact) mass is 432 g/mol. The lowest BCUT2D eigenvalue weighted by Gasteiger charge is -2.19. The molecule has 6 nitrogen and oxygen atoms in total. The average Bonchev–Trinajstić information content (AvgIpc) is 2.62. The van der Waals surface area contributed by atoms with Crippen molar-refractivity contribution < 1.29 is 17.9 Å². The van der Waals surface area contributed by atoms with Crippen LogP contribution in [0.1, 0.15) is 54.6 Å². The zero-order chi connectivity index (χ0) is 22.6. The SMILES string of the molecule is Cc1cc(C)c(C(C)NC(=O)COc2ccc(S(=O)(=O)NC(C)C)cc2C)cc1C. The number of aryl methyl sites for hydroxylation is 4. The first-order valence-corrected chi connectivity index (χ1v) is 11.5. The van der Waals surface area contributed by atoms with Gasteiger partial charge in [0.1, 0.15) is 5.75 Å². The summed E-state index contributed by atoms with van der Waals surface area (Å²) in [5.74, 6) is 0.237. The summed E-state index contributed by atoms with van der Waals surface area (Å²) in [6.45, 7) is 13.2. The molecule has 2 aromatic carbocycles. The van der Waals surface area contributed by atoms with Gasteiger partial charge in [-0.2, -0.15) is 0 Å². The minimum atomic E-state index is -3.57. The van der Waals surface area contributed by atoms with Crippen LogP contribution in [0.3, 0.4) is 0 Å². The van der Waals surface area contributed by atoms with Gasteiger partial charge in [0, 0.05) is 6.04 Å². The number of ether oxygens (including phenoxy) is 1. The highest BCUT2D eigenvalue weighted by Gasteiger charge is 2.17. The molecule has 164 valence electrons. The number of hydrogen-bond acceptors (Lipinski definition) is 4. The summed E-state index contributed by atoms with van der Waals surface area (Å²) in [6.07, 6.45) is 0. The molecule has 2 rings (SSSR count). The number of rotatable bonds is 8. The van der Waals surface area contributed by atoms with Crippen LogP contribution in [0.4, 0.5) is 0 Å². The zero-order valence-electron chi connectivity index (χ0n) is 18.8. The minimum absolute atomic E-state index is 0.142. The van der Waals surface area contributed by atoms with E-state index < -0.39 is 10.0 Å². The van der Waals surface area contributed by atoms with Crippen molar-refractivity contribution in [2.24, 2.45) is 0 Å². The Labute approximate surface area is 180 Å². The Hall–Kier alpha value is -2.38. The van der Waals surface area contributed by atoms with E-state index in [-0.39, 0.29) is 29.5 Å². The summed E-state index contributed by atoms with van der Waals surface area (Å²) in [5, 5.41) is 2.96. The van der Waals surface area contributed by atoms with Crippen molar-refractivity contribution in [1.29, 1.82) is 0 Å². The van der Waals surface area contributed by atoms with Gasteiger partial charge >= 0.3 is 0 Å². The highest BCUT2D eigenvalue weighted by Crippen LogP contribution is 2.23. The van der Waals surface area contributed by atoms with Crippen LogP contribution in [-0.4, -0.2) is 27.0 Å². The van der Waals surface area contributed by atoms with Crippen LogP contribution in [0.5, 0.6) is 5.75 Å². The first kappa shape index (κ1) is 23.9. The van der Waals surface area contributed by atoms with E-state index in [0.717, 1.165) is 11.1 Å². The van der Waals surface area contributed by atoms with Crippen molar-refractivity contribution in [3.05, 3.63) is 58.1 Å². The zero-order valence-corrected chi connectivity index (χ0v) is 19.6.